The van der Waals surface area contributed by atoms with E-state index in [0.717, 1.165) is 43.0 Å². The number of nitrogens with zero attached hydrogens (tertiary/aromatic N) is 3. The largest absolute Gasteiger partial charge is 0.469 e. The molecule has 130 valence electrons. The SMILES string of the molecule is O=C(NCCc1ccco1)c1cnc2c(c1)ncn2C1CCOCC1. The van der Waals surface area contributed by atoms with Crippen molar-refractivity contribution in [2.45, 2.75) is 25.3 Å². The normalized spacial score (nSPS) is 15.5. The minimum atomic E-state index is -0.151. The summed E-state index contributed by atoms with van der Waals surface area (Å²) in [5, 5.41) is 2.88. The molecule has 1 N–H and O–H groups in total. The third-order valence-electron chi connectivity index (χ3n) is 4.50. The van der Waals surface area contributed by atoms with Gasteiger partial charge in [-0.1, -0.05) is 0 Å². The van der Waals surface area contributed by atoms with Crippen molar-refractivity contribution in [1.29, 1.82) is 0 Å². The number of furan rings is 1. The molecule has 0 aliphatic carbocycles. The first-order chi connectivity index (χ1) is 12.3. The summed E-state index contributed by atoms with van der Waals surface area (Å²) in [5.74, 6) is 0.700. The molecule has 0 aromatic carbocycles. The van der Waals surface area contributed by atoms with Gasteiger partial charge in [-0.25, -0.2) is 9.97 Å². The highest BCUT2D eigenvalue weighted by atomic mass is 16.5. The first-order valence-electron chi connectivity index (χ1n) is 8.52. The number of nitrogens with one attached hydrogen (secondary N) is 1. The van der Waals surface area contributed by atoms with Gasteiger partial charge in [0.05, 0.1) is 18.2 Å². The number of aromatic nitrogens is 3. The van der Waals surface area contributed by atoms with E-state index in [1.165, 1.54) is 0 Å². The fourth-order valence-corrected chi connectivity index (χ4v) is 3.13. The predicted octanol–water partition coefficient (Wildman–Crippen LogP) is 2.35. The lowest BCUT2D eigenvalue weighted by molar-refractivity contribution is 0.0704. The van der Waals surface area contributed by atoms with Crippen LogP contribution in [0.4, 0.5) is 0 Å². The minimum Gasteiger partial charge on any atom is -0.469 e. The molecule has 0 atom stereocenters. The number of carbonyl (C=O) groups is 1. The fourth-order valence-electron chi connectivity index (χ4n) is 3.13. The predicted molar refractivity (Wildman–Crippen MR) is 91.4 cm³/mol. The maximum atomic E-state index is 12.3. The van der Waals surface area contributed by atoms with Crippen molar-refractivity contribution >= 4 is 17.1 Å². The van der Waals surface area contributed by atoms with Crippen LogP contribution in [0, 0.1) is 0 Å². The van der Waals surface area contributed by atoms with Crippen molar-refractivity contribution in [1.82, 2.24) is 19.9 Å². The van der Waals surface area contributed by atoms with E-state index in [1.54, 1.807) is 18.5 Å². The third-order valence-corrected chi connectivity index (χ3v) is 4.50. The third kappa shape index (κ3) is 3.41. The van der Waals surface area contributed by atoms with Crippen LogP contribution in [0.1, 0.15) is 35.0 Å². The zero-order valence-electron chi connectivity index (χ0n) is 13.9. The molecule has 25 heavy (non-hydrogen) atoms. The number of amides is 1. The Hall–Kier alpha value is -2.67. The zero-order chi connectivity index (χ0) is 17.1. The van der Waals surface area contributed by atoms with E-state index in [4.69, 9.17) is 9.15 Å². The molecule has 4 rings (SSSR count). The number of imidazole rings is 1. The van der Waals surface area contributed by atoms with Gasteiger partial charge in [0.25, 0.3) is 5.91 Å². The van der Waals surface area contributed by atoms with Crippen LogP contribution in [0.15, 0.2) is 41.4 Å². The van der Waals surface area contributed by atoms with Crippen LogP contribution in [0.25, 0.3) is 11.2 Å². The van der Waals surface area contributed by atoms with Crippen LogP contribution in [0.5, 0.6) is 0 Å². The summed E-state index contributed by atoms with van der Waals surface area (Å²) in [4.78, 5) is 21.2. The summed E-state index contributed by atoms with van der Waals surface area (Å²) in [6, 6.07) is 5.88. The molecule has 1 aliphatic rings. The summed E-state index contributed by atoms with van der Waals surface area (Å²) in [6.45, 7) is 2.04. The Bertz CT molecular complexity index is 850. The molecule has 0 spiro atoms. The number of hydrogen-bond acceptors (Lipinski definition) is 5. The highest BCUT2D eigenvalue weighted by Crippen LogP contribution is 2.24. The number of carbonyl (C=O) groups excluding carboxylic acids is 1. The summed E-state index contributed by atoms with van der Waals surface area (Å²) < 4.78 is 12.8. The van der Waals surface area contributed by atoms with E-state index in [2.05, 4.69) is 19.9 Å². The lowest BCUT2D eigenvalue weighted by Crippen LogP contribution is -2.25. The maximum Gasteiger partial charge on any atom is 0.252 e. The molecule has 3 aromatic rings. The van der Waals surface area contributed by atoms with Crippen molar-refractivity contribution in [2.75, 3.05) is 19.8 Å². The highest BCUT2D eigenvalue weighted by molar-refractivity contribution is 5.96. The first kappa shape index (κ1) is 15.8. The van der Waals surface area contributed by atoms with E-state index in [-0.39, 0.29) is 5.91 Å². The van der Waals surface area contributed by atoms with E-state index >= 15 is 0 Å². The number of fused-ring (bicyclic) bond motifs is 1. The molecule has 0 unspecified atom stereocenters. The molecule has 1 fully saturated rings. The second-order valence-electron chi connectivity index (χ2n) is 6.15. The molecule has 1 amide bonds. The molecular weight excluding hydrogens is 320 g/mol. The van der Waals surface area contributed by atoms with Gasteiger partial charge in [0.15, 0.2) is 5.65 Å². The standard InChI is InChI=1S/C18H20N4O3/c23-18(19-6-3-15-2-1-7-25-15)13-10-16-17(20-11-13)22(12-21-16)14-4-8-24-9-5-14/h1-2,7,10-12,14H,3-6,8-9H2,(H,19,23). The van der Waals surface area contributed by atoms with Crippen molar-refractivity contribution in [3.8, 4) is 0 Å². The van der Waals surface area contributed by atoms with E-state index in [0.29, 0.717) is 24.6 Å². The van der Waals surface area contributed by atoms with Crippen LogP contribution in [0.2, 0.25) is 0 Å². The van der Waals surface area contributed by atoms with Crippen LogP contribution in [0.3, 0.4) is 0 Å². The lowest BCUT2D eigenvalue weighted by atomic mass is 10.1. The number of rotatable bonds is 5. The van der Waals surface area contributed by atoms with Crippen LogP contribution < -0.4 is 5.32 Å². The number of hydrogen-bond donors (Lipinski definition) is 1. The van der Waals surface area contributed by atoms with Gasteiger partial charge in [0.1, 0.15) is 11.3 Å². The molecule has 7 heteroatoms. The average Bonchev–Trinajstić information content (AvgIpc) is 3.31. The van der Waals surface area contributed by atoms with Crippen molar-refractivity contribution in [2.24, 2.45) is 0 Å². The van der Waals surface area contributed by atoms with Gasteiger partial charge in [-0.05, 0) is 31.0 Å². The Morgan fingerprint density at radius 1 is 1.32 bits per heavy atom. The summed E-state index contributed by atoms with van der Waals surface area (Å²) >= 11 is 0. The van der Waals surface area contributed by atoms with E-state index in [9.17, 15) is 4.79 Å². The number of pyridine rings is 1. The molecule has 7 nitrogen and oxygen atoms in total. The Morgan fingerprint density at radius 2 is 2.20 bits per heavy atom. The summed E-state index contributed by atoms with van der Waals surface area (Å²) in [6.07, 6.45) is 7.63. The van der Waals surface area contributed by atoms with E-state index in [1.807, 2.05) is 18.5 Å². The smallest absolute Gasteiger partial charge is 0.252 e. The van der Waals surface area contributed by atoms with Gasteiger partial charge in [0.2, 0.25) is 0 Å². The van der Waals surface area contributed by atoms with Crippen LogP contribution in [-0.4, -0.2) is 40.2 Å². The molecule has 0 saturated carbocycles. The first-order valence-corrected chi connectivity index (χ1v) is 8.52. The Labute approximate surface area is 145 Å². The maximum absolute atomic E-state index is 12.3. The average molecular weight is 340 g/mol. The van der Waals surface area contributed by atoms with Gasteiger partial charge in [-0.2, -0.15) is 0 Å². The van der Waals surface area contributed by atoms with Crippen molar-refractivity contribution < 1.29 is 13.9 Å². The summed E-state index contributed by atoms with van der Waals surface area (Å²) in [5.41, 5.74) is 2.08. The quantitative estimate of drug-likeness (QED) is 0.771. The topological polar surface area (TPSA) is 82.2 Å². The Balaban J connectivity index is 1.44. The fraction of sp³-hybridized carbons (Fsp3) is 0.389. The molecule has 0 bridgehead atoms. The Morgan fingerprint density at radius 3 is 3.00 bits per heavy atom. The molecule has 4 heterocycles. The van der Waals surface area contributed by atoms with Gasteiger partial charge in [0, 0.05) is 38.4 Å². The van der Waals surface area contributed by atoms with Crippen LogP contribution in [-0.2, 0) is 11.2 Å². The second-order valence-corrected chi connectivity index (χ2v) is 6.15. The van der Waals surface area contributed by atoms with Gasteiger partial charge < -0.3 is 19.0 Å². The molecule has 3 aromatic heterocycles. The molecular formula is C18H20N4O3. The van der Waals surface area contributed by atoms with Crippen molar-refractivity contribution in [3.05, 3.63) is 48.3 Å². The van der Waals surface area contributed by atoms with Crippen LogP contribution >= 0.6 is 0 Å². The van der Waals surface area contributed by atoms with E-state index < -0.39 is 0 Å². The van der Waals surface area contributed by atoms with Gasteiger partial charge in [-0.3, -0.25) is 4.79 Å². The van der Waals surface area contributed by atoms with Gasteiger partial charge >= 0.3 is 0 Å². The molecule has 1 aliphatic heterocycles. The minimum absolute atomic E-state index is 0.151. The molecule has 1 saturated heterocycles. The zero-order valence-corrected chi connectivity index (χ0v) is 13.9. The van der Waals surface area contributed by atoms with Crippen molar-refractivity contribution in [3.63, 3.8) is 0 Å². The second kappa shape index (κ2) is 7.06. The summed E-state index contributed by atoms with van der Waals surface area (Å²) in [7, 11) is 0. The molecule has 0 radical (unpaired) electrons. The number of ether oxygens (including phenoxy) is 1. The monoisotopic (exact) mass is 340 g/mol. The lowest BCUT2D eigenvalue weighted by Gasteiger charge is -2.23. The Kier molecular flexibility index (Phi) is 4.47. The highest BCUT2D eigenvalue weighted by Gasteiger charge is 2.19. The van der Waals surface area contributed by atoms with Gasteiger partial charge in [-0.15, -0.1) is 0 Å².